The fourth-order valence-corrected chi connectivity index (χ4v) is 4.99. The second-order valence-electron chi connectivity index (χ2n) is 8.95. The minimum atomic E-state index is -0.414. The molecule has 0 bridgehead atoms. The van der Waals surface area contributed by atoms with Crippen molar-refractivity contribution in [3.05, 3.63) is 75.3 Å². The van der Waals surface area contributed by atoms with E-state index in [4.69, 9.17) is 27.6 Å². The second kappa shape index (κ2) is 11.2. The van der Waals surface area contributed by atoms with E-state index in [-0.39, 0.29) is 23.3 Å². The summed E-state index contributed by atoms with van der Waals surface area (Å²) in [6.45, 7) is 4.91. The van der Waals surface area contributed by atoms with Crippen LogP contribution in [0.5, 0.6) is 0 Å². The zero-order valence-electron chi connectivity index (χ0n) is 19.6. The lowest BCUT2D eigenvalue weighted by atomic mass is 9.98. The topological polar surface area (TPSA) is 72.1 Å². The molecular formula is C26H26Cl3FN4O2. The Kier molecular flexibility index (Phi) is 8.25. The lowest BCUT2D eigenvalue weighted by molar-refractivity contribution is 0.0938. The maximum atomic E-state index is 13.5. The fourth-order valence-electron chi connectivity index (χ4n) is 4.48. The largest absolute Gasteiger partial charge is 0.456 e. The predicted octanol–water partition coefficient (Wildman–Crippen LogP) is 6.25. The van der Waals surface area contributed by atoms with E-state index in [1.54, 1.807) is 22.9 Å². The van der Waals surface area contributed by atoms with Crippen molar-refractivity contribution >= 4 is 52.5 Å². The van der Waals surface area contributed by atoms with Crippen molar-refractivity contribution in [1.82, 2.24) is 20.4 Å². The SMILES string of the molecule is Cc1cc(C(=O)NCC2CCNCC2)nn1Cc1cc(Cl)cc2cc(-c3ccc(F)cc3Cl)oc12.Cl. The molecule has 0 atom stereocenters. The highest BCUT2D eigenvalue weighted by atomic mass is 35.5. The molecule has 1 aliphatic heterocycles. The van der Waals surface area contributed by atoms with Crippen molar-refractivity contribution in [2.24, 2.45) is 5.92 Å². The fraction of sp³-hybridized carbons (Fsp3) is 0.308. The minimum absolute atomic E-state index is 0. The monoisotopic (exact) mass is 550 g/mol. The first-order valence-electron chi connectivity index (χ1n) is 11.6. The molecule has 0 aliphatic carbocycles. The zero-order chi connectivity index (χ0) is 24.5. The third-order valence-corrected chi connectivity index (χ3v) is 6.93. The number of benzene rings is 2. The number of hydrogen-bond donors (Lipinski definition) is 2. The van der Waals surface area contributed by atoms with Crippen LogP contribution >= 0.6 is 35.6 Å². The van der Waals surface area contributed by atoms with Crippen molar-refractivity contribution in [3.63, 3.8) is 0 Å². The van der Waals surface area contributed by atoms with Gasteiger partial charge in [0.1, 0.15) is 22.9 Å². The van der Waals surface area contributed by atoms with Gasteiger partial charge in [-0.05, 0) is 81.2 Å². The van der Waals surface area contributed by atoms with E-state index < -0.39 is 5.82 Å². The van der Waals surface area contributed by atoms with Crippen molar-refractivity contribution < 1.29 is 13.6 Å². The Morgan fingerprint density at radius 2 is 1.97 bits per heavy atom. The Bertz CT molecular complexity index is 1400. The smallest absolute Gasteiger partial charge is 0.271 e. The molecule has 190 valence electrons. The highest BCUT2D eigenvalue weighted by Crippen LogP contribution is 2.36. The van der Waals surface area contributed by atoms with Gasteiger partial charge in [0.05, 0.1) is 11.6 Å². The number of carbonyl (C=O) groups is 1. The maximum absolute atomic E-state index is 13.5. The van der Waals surface area contributed by atoms with E-state index in [1.165, 1.54) is 12.1 Å². The number of aromatic nitrogens is 2. The molecule has 36 heavy (non-hydrogen) atoms. The first-order valence-corrected chi connectivity index (χ1v) is 12.3. The Morgan fingerprint density at radius 3 is 2.72 bits per heavy atom. The van der Waals surface area contributed by atoms with E-state index in [9.17, 15) is 9.18 Å². The van der Waals surface area contributed by atoms with Gasteiger partial charge in [-0.25, -0.2) is 4.39 Å². The number of piperidine rings is 1. The lowest BCUT2D eigenvalue weighted by Crippen LogP contribution is -2.36. The predicted molar refractivity (Wildman–Crippen MR) is 143 cm³/mol. The number of nitrogens with zero attached hydrogens (tertiary/aromatic N) is 2. The number of nitrogens with one attached hydrogen (secondary N) is 2. The maximum Gasteiger partial charge on any atom is 0.271 e. The number of halogens is 4. The molecule has 4 aromatic rings. The molecule has 2 aromatic heterocycles. The minimum Gasteiger partial charge on any atom is -0.456 e. The van der Waals surface area contributed by atoms with Crippen LogP contribution in [0.25, 0.3) is 22.3 Å². The molecule has 1 amide bonds. The quantitative estimate of drug-likeness (QED) is 0.297. The Labute approximate surface area is 224 Å². The number of hydrogen-bond acceptors (Lipinski definition) is 4. The Morgan fingerprint density at radius 1 is 1.19 bits per heavy atom. The number of fused-ring (bicyclic) bond motifs is 1. The second-order valence-corrected chi connectivity index (χ2v) is 9.79. The molecule has 3 heterocycles. The van der Waals surface area contributed by atoms with Gasteiger partial charge in [-0.1, -0.05) is 23.2 Å². The molecule has 10 heteroatoms. The summed E-state index contributed by atoms with van der Waals surface area (Å²) in [5.41, 5.74) is 3.27. The van der Waals surface area contributed by atoms with E-state index in [0.717, 1.165) is 42.6 Å². The summed E-state index contributed by atoms with van der Waals surface area (Å²) in [4.78, 5) is 12.7. The van der Waals surface area contributed by atoms with Gasteiger partial charge in [0.15, 0.2) is 0 Å². The van der Waals surface area contributed by atoms with Gasteiger partial charge in [-0.15, -0.1) is 12.4 Å². The van der Waals surface area contributed by atoms with Gasteiger partial charge in [0.2, 0.25) is 0 Å². The van der Waals surface area contributed by atoms with Gasteiger partial charge in [0.25, 0.3) is 5.91 Å². The van der Waals surface area contributed by atoms with Gasteiger partial charge in [-0.2, -0.15) is 5.10 Å². The third kappa shape index (κ3) is 5.70. The molecule has 1 aliphatic rings. The van der Waals surface area contributed by atoms with Crippen LogP contribution < -0.4 is 10.6 Å². The van der Waals surface area contributed by atoms with Crippen LogP contribution in [0, 0.1) is 18.7 Å². The van der Waals surface area contributed by atoms with E-state index in [2.05, 4.69) is 15.7 Å². The molecule has 2 N–H and O–H groups in total. The highest BCUT2D eigenvalue weighted by molar-refractivity contribution is 6.33. The Balaban J connectivity index is 0.00000304. The van der Waals surface area contributed by atoms with E-state index in [1.807, 2.05) is 19.1 Å². The van der Waals surface area contributed by atoms with Gasteiger partial charge in [0, 0.05) is 33.8 Å². The molecule has 1 saturated heterocycles. The average molecular weight is 552 g/mol. The molecule has 2 aromatic carbocycles. The zero-order valence-corrected chi connectivity index (χ0v) is 21.9. The molecule has 0 unspecified atom stereocenters. The molecule has 1 fully saturated rings. The summed E-state index contributed by atoms with van der Waals surface area (Å²) in [6.07, 6.45) is 2.12. The number of carbonyl (C=O) groups excluding carboxylic acids is 1. The van der Waals surface area contributed by atoms with Crippen molar-refractivity contribution in [3.8, 4) is 11.3 Å². The Hall–Kier alpha value is -2.58. The van der Waals surface area contributed by atoms with Crippen molar-refractivity contribution in [1.29, 1.82) is 0 Å². The van der Waals surface area contributed by atoms with E-state index >= 15 is 0 Å². The van der Waals surface area contributed by atoms with Gasteiger partial charge < -0.3 is 15.1 Å². The molecule has 0 radical (unpaired) electrons. The first-order chi connectivity index (χ1) is 16.9. The van der Waals surface area contributed by atoms with Crippen LogP contribution in [0.4, 0.5) is 4.39 Å². The van der Waals surface area contributed by atoms with Crippen LogP contribution in [0.3, 0.4) is 0 Å². The van der Waals surface area contributed by atoms with Crippen LogP contribution in [-0.2, 0) is 6.54 Å². The van der Waals surface area contributed by atoms with Crippen LogP contribution in [-0.4, -0.2) is 35.3 Å². The van der Waals surface area contributed by atoms with Gasteiger partial charge in [-0.3, -0.25) is 9.48 Å². The van der Waals surface area contributed by atoms with Crippen LogP contribution in [0.1, 0.15) is 34.6 Å². The normalized spacial score (nSPS) is 14.1. The summed E-state index contributed by atoms with van der Waals surface area (Å²) in [7, 11) is 0. The van der Waals surface area contributed by atoms with Crippen molar-refractivity contribution in [2.75, 3.05) is 19.6 Å². The third-order valence-electron chi connectivity index (χ3n) is 6.40. The van der Waals surface area contributed by atoms with E-state index in [0.29, 0.717) is 46.6 Å². The molecule has 6 nitrogen and oxygen atoms in total. The molecular weight excluding hydrogens is 526 g/mol. The number of rotatable bonds is 6. The number of furan rings is 1. The number of aryl methyl sites for hydroxylation is 1. The standard InChI is InChI=1S/C26H25Cl2FN4O2.ClH/c1-15-8-23(26(34)31-13-16-4-6-30-7-5-16)32-33(15)14-18-10-19(27)9-17-11-24(35-25(17)18)21-3-2-20(29)12-22(21)28;/h2-3,8-12,16,30H,4-7,13-14H2,1H3,(H,31,34);1H. The highest BCUT2D eigenvalue weighted by Gasteiger charge is 2.19. The average Bonchev–Trinajstić information content (AvgIpc) is 3.41. The van der Waals surface area contributed by atoms with Gasteiger partial charge >= 0.3 is 0 Å². The summed E-state index contributed by atoms with van der Waals surface area (Å²) < 4.78 is 21.4. The van der Waals surface area contributed by atoms with Crippen molar-refractivity contribution in [2.45, 2.75) is 26.3 Å². The van der Waals surface area contributed by atoms with Crippen LogP contribution in [0.15, 0.2) is 46.9 Å². The lowest BCUT2D eigenvalue weighted by Gasteiger charge is -2.22. The molecule has 5 rings (SSSR count). The number of amides is 1. The summed E-state index contributed by atoms with van der Waals surface area (Å²) in [5.74, 6) is 0.422. The molecule has 0 spiro atoms. The van der Waals surface area contributed by atoms with Crippen LogP contribution in [0.2, 0.25) is 10.0 Å². The summed E-state index contributed by atoms with van der Waals surface area (Å²) in [5, 5.41) is 12.5. The summed E-state index contributed by atoms with van der Waals surface area (Å²) >= 11 is 12.6. The molecule has 0 saturated carbocycles. The first kappa shape index (κ1) is 26.5. The summed E-state index contributed by atoms with van der Waals surface area (Å²) in [6, 6.07) is 11.4.